The third kappa shape index (κ3) is 9.54. The zero-order valence-corrected chi connectivity index (χ0v) is 23.6. The smallest absolute Gasteiger partial charge is 0.201 e. The summed E-state index contributed by atoms with van der Waals surface area (Å²) >= 11 is 0. The van der Waals surface area contributed by atoms with E-state index in [0.717, 1.165) is 30.4 Å². The molecule has 5 heteroatoms. The first kappa shape index (κ1) is 29.9. The van der Waals surface area contributed by atoms with Gasteiger partial charge in [0.05, 0.1) is 19.8 Å². The van der Waals surface area contributed by atoms with Gasteiger partial charge in [0, 0.05) is 6.42 Å². The zero-order valence-electron chi connectivity index (χ0n) is 22.6. The van der Waals surface area contributed by atoms with Crippen molar-refractivity contribution in [2.75, 3.05) is 7.11 Å². The van der Waals surface area contributed by atoms with Gasteiger partial charge in [0.1, 0.15) is 18.1 Å². The molecule has 1 rings (SSSR count). The van der Waals surface area contributed by atoms with Crippen LogP contribution in [0.25, 0.3) is 0 Å². The SMILES string of the molecule is CCCCCCC[C@H](C[C@@H](C=O)O[Si](C(C)C)(C(C)C)C(C)C)OCc1ccc(OC)cc1. The molecule has 0 spiro atoms. The first-order valence-electron chi connectivity index (χ1n) is 13.1. The number of ether oxygens (including phenoxy) is 2. The number of hydrogen-bond acceptors (Lipinski definition) is 4. The fourth-order valence-corrected chi connectivity index (χ4v) is 10.7. The number of carbonyl (C=O) groups is 1. The molecular weight excluding hydrogens is 428 g/mol. The van der Waals surface area contributed by atoms with Gasteiger partial charge >= 0.3 is 0 Å². The minimum Gasteiger partial charge on any atom is -0.497 e. The lowest BCUT2D eigenvalue weighted by atomic mass is 10.0. The zero-order chi connectivity index (χ0) is 24.9. The van der Waals surface area contributed by atoms with E-state index in [0.29, 0.717) is 29.7 Å². The van der Waals surface area contributed by atoms with E-state index in [1.54, 1.807) is 7.11 Å². The molecule has 0 amide bonds. The molecule has 2 atom stereocenters. The van der Waals surface area contributed by atoms with Gasteiger partial charge in [-0.15, -0.1) is 0 Å². The van der Waals surface area contributed by atoms with Crippen LogP contribution in [0.15, 0.2) is 24.3 Å². The van der Waals surface area contributed by atoms with E-state index in [2.05, 4.69) is 48.5 Å². The van der Waals surface area contributed by atoms with Crippen molar-refractivity contribution >= 4 is 14.6 Å². The average Bonchev–Trinajstić information content (AvgIpc) is 2.79. The lowest BCUT2D eigenvalue weighted by Crippen LogP contribution is -2.51. The first-order chi connectivity index (χ1) is 15.7. The van der Waals surface area contributed by atoms with Gasteiger partial charge in [0.15, 0.2) is 0 Å². The Morgan fingerprint density at radius 1 is 0.879 bits per heavy atom. The summed E-state index contributed by atoms with van der Waals surface area (Å²) in [5.74, 6) is 0.845. The standard InChI is InChI=1S/C28H50O4Si/c1-9-10-11-12-13-14-27(31-21-25-15-17-26(30-8)18-16-25)19-28(20-29)32-33(22(2)3,23(4)5)24(6)7/h15-18,20,22-24,27-28H,9-14,19,21H2,1-8H3/t27-,28+/m1/s1. The number of hydrogen-bond donors (Lipinski definition) is 0. The number of benzene rings is 1. The van der Waals surface area contributed by atoms with Crippen LogP contribution in [0.3, 0.4) is 0 Å². The van der Waals surface area contributed by atoms with Crippen molar-refractivity contribution in [3.8, 4) is 5.75 Å². The van der Waals surface area contributed by atoms with Gasteiger partial charge in [-0.3, -0.25) is 0 Å². The summed E-state index contributed by atoms with van der Waals surface area (Å²) in [6.07, 6.45) is 8.36. The Hall–Kier alpha value is -1.17. The summed E-state index contributed by atoms with van der Waals surface area (Å²) in [6.45, 7) is 16.4. The van der Waals surface area contributed by atoms with Crippen molar-refractivity contribution in [2.24, 2.45) is 0 Å². The van der Waals surface area contributed by atoms with Gasteiger partial charge in [0.25, 0.3) is 0 Å². The van der Waals surface area contributed by atoms with Crippen molar-refractivity contribution in [3.63, 3.8) is 0 Å². The van der Waals surface area contributed by atoms with E-state index in [-0.39, 0.29) is 6.10 Å². The second-order valence-electron chi connectivity index (χ2n) is 10.3. The van der Waals surface area contributed by atoms with E-state index < -0.39 is 14.4 Å². The second-order valence-corrected chi connectivity index (χ2v) is 15.7. The summed E-state index contributed by atoms with van der Waals surface area (Å²) in [4.78, 5) is 12.2. The molecule has 0 fully saturated rings. The highest BCUT2D eigenvalue weighted by Crippen LogP contribution is 2.43. The van der Waals surface area contributed by atoms with Crippen LogP contribution in [0.1, 0.15) is 99.0 Å². The Balaban J connectivity index is 2.90. The molecule has 0 unspecified atom stereocenters. The monoisotopic (exact) mass is 478 g/mol. The molecule has 1 aromatic rings. The molecule has 33 heavy (non-hydrogen) atoms. The van der Waals surface area contributed by atoms with Crippen LogP contribution in [0.5, 0.6) is 5.75 Å². The van der Waals surface area contributed by atoms with Crippen LogP contribution in [-0.2, 0) is 20.6 Å². The number of unbranched alkanes of at least 4 members (excludes halogenated alkanes) is 4. The van der Waals surface area contributed by atoms with Crippen LogP contribution in [0, 0.1) is 0 Å². The lowest BCUT2D eigenvalue weighted by Gasteiger charge is -2.44. The molecule has 0 bridgehead atoms. The fourth-order valence-electron chi connectivity index (χ4n) is 5.24. The fraction of sp³-hybridized carbons (Fsp3) is 0.750. The van der Waals surface area contributed by atoms with Gasteiger partial charge in [-0.05, 0) is 40.7 Å². The molecule has 0 aromatic heterocycles. The molecule has 190 valence electrons. The van der Waals surface area contributed by atoms with Gasteiger partial charge in [-0.25, -0.2) is 0 Å². The minimum atomic E-state index is -2.13. The first-order valence-corrected chi connectivity index (χ1v) is 15.2. The summed E-state index contributed by atoms with van der Waals surface area (Å²) in [6, 6.07) is 8.01. The minimum absolute atomic E-state index is 0.0158. The van der Waals surface area contributed by atoms with E-state index in [9.17, 15) is 4.79 Å². The van der Waals surface area contributed by atoms with Gasteiger partial charge in [-0.2, -0.15) is 0 Å². The Morgan fingerprint density at radius 3 is 1.94 bits per heavy atom. The summed E-state index contributed by atoms with van der Waals surface area (Å²) < 4.78 is 18.4. The molecule has 4 nitrogen and oxygen atoms in total. The second kappa shape index (κ2) is 15.7. The van der Waals surface area contributed by atoms with Crippen molar-refractivity contribution in [3.05, 3.63) is 29.8 Å². The highest BCUT2D eigenvalue weighted by molar-refractivity contribution is 6.77. The number of methoxy groups -OCH3 is 1. The predicted octanol–water partition coefficient (Wildman–Crippen LogP) is 8.09. The third-order valence-corrected chi connectivity index (χ3v) is 13.1. The molecule has 0 aliphatic heterocycles. The van der Waals surface area contributed by atoms with Crippen LogP contribution < -0.4 is 4.74 Å². The van der Waals surface area contributed by atoms with Crippen LogP contribution in [-0.4, -0.2) is 33.9 Å². The molecule has 0 radical (unpaired) electrons. The molecule has 0 aliphatic carbocycles. The Morgan fingerprint density at radius 2 is 1.45 bits per heavy atom. The number of aldehydes is 1. The van der Waals surface area contributed by atoms with E-state index >= 15 is 0 Å². The van der Waals surface area contributed by atoms with Crippen molar-refractivity contribution < 1.29 is 18.7 Å². The number of rotatable bonds is 18. The average molecular weight is 479 g/mol. The summed E-state index contributed by atoms with van der Waals surface area (Å²) in [5, 5.41) is 0. The molecular formula is C28H50O4Si. The Bertz CT molecular complexity index is 620. The quantitative estimate of drug-likeness (QED) is 0.121. The maximum atomic E-state index is 12.2. The van der Waals surface area contributed by atoms with Crippen LogP contribution >= 0.6 is 0 Å². The van der Waals surface area contributed by atoms with Crippen LogP contribution in [0.4, 0.5) is 0 Å². The van der Waals surface area contributed by atoms with Crippen molar-refractivity contribution in [1.29, 1.82) is 0 Å². The van der Waals surface area contributed by atoms with Crippen molar-refractivity contribution in [1.82, 2.24) is 0 Å². The van der Waals surface area contributed by atoms with E-state index in [1.807, 2.05) is 24.3 Å². The molecule has 0 saturated carbocycles. The maximum absolute atomic E-state index is 12.2. The Labute approximate surface area is 204 Å². The van der Waals surface area contributed by atoms with E-state index in [4.69, 9.17) is 13.9 Å². The Kier molecular flexibility index (Phi) is 14.2. The van der Waals surface area contributed by atoms with E-state index in [1.165, 1.54) is 25.7 Å². The van der Waals surface area contributed by atoms with Crippen molar-refractivity contribution in [2.45, 2.75) is 129 Å². The van der Waals surface area contributed by atoms with Crippen LogP contribution in [0.2, 0.25) is 16.6 Å². The lowest BCUT2D eigenvalue weighted by molar-refractivity contribution is -0.116. The maximum Gasteiger partial charge on any atom is 0.201 e. The predicted molar refractivity (Wildman–Crippen MR) is 142 cm³/mol. The molecule has 1 aromatic carbocycles. The molecule has 0 saturated heterocycles. The molecule has 0 N–H and O–H groups in total. The third-order valence-electron chi connectivity index (χ3n) is 6.98. The summed E-state index contributed by atoms with van der Waals surface area (Å²) in [7, 11) is -0.450. The summed E-state index contributed by atoms with van der Waals surface area (Å²) in [5.41, 5.74) is 2.47. The molecule has 0 heterocycles. The van der Waals surface area contributed by atoms with Gasteiger partial charge < -0.3 is 18.7 Å². The number of carbonyl (C=O) groups excluding carboxylic acids is 1. The van der Waals surface area contributed by atoms with Gasteiger partial charge in [0.2, 0.25) is 8.32 Å². The molecule has 0 aliphatic rings. The topological polar surface area (TPSA) is 44.8 Å². The highest BCUT2D eigenvalue weighted by atomic mass is 28.4. The largest absolute Gasteiger partial charge is 0.497 e. The van der Waals surface area contributed by atoms with Gasteiger partial charge in [-0.1, -0.05) is 92.7 Å². The highest BCUT2D eigenvalue weighted by Gasteiger charge is 2.46. The normalized spacial score (nSPS) is 14.2.